The van der Waals surface area contributed by atoms with Gasteiger partial charge in [-0.3, -0.25) is 0 Å². The third-order valence-corrected chi connectivity index (χ3v) is 3.57. The lowest BCUT2D eigenvalue weighted by atomic mass is 10.2. The standard InChI is InChI=1S/C22H26O4/c1-3-5-17-25-20-11-13-21(14-12-20)26-22(23)15-8-18-6-9-19(10-7-18)24-16-4-2/h6-15H,3-5,16-17H2,1-2H3. The highest BCUT2D eigenvalue weighted by Crippen LogP contribution is 2.18. The molecule has 0 aliphatic heterocycles. The van der Waals surface area contributed by atoms with Crippen LogP contribution in [-0.2, 0) is 4.79 Å². The second kappa shape index (κ2) is 11.0. The zero-order chi connectivity index (χ0) is 18.6. The van der Waals surface area contributed by atoms with Crippen molar-refractivity contribution in [1.82, 2.24) is 0 Å². The Hall–Kier alpha value is -2.75. The predicted octanol–water partition coefficient (Wildman–Crippen LogP) is 5.27. The van der Waals surface area contributed by atoms with E-state index in [0.717, 1.165) is 36.3 Å². The van der Waals surface area contributed by atoms with Crippen molar-refractivity contribution < 1.29 is 19.0 Å². The van der Waals surface area contributed by atoms with Crippen LogP contribution in [0.25, 0.3) is 6.08 Å². The monoisotopic (exact) mass is 354 g/mol. The van der Waals surface area contributed by atoms with E-state index in [-0.39, 0.29) is 0 Å². The van der Waals surface area contributed by atoms with E-state index in [4.69, 9.17) is 14.2 Å². The number of carbonyl (C=O) groups is 1. The average Bonchev–Trinajstić information content (AvgIpc) is 2.67. The minimum absolute atomic E-state index is 0.420. The van der Waals surface area contributed by atoms with Gasteiger partial charge in [0, 0.05) is 6.08 Å². The van der Waals surface area contributed by atoms with Crippen molar-refractivity contribution in [2.45, 2.75) is 33.1 Å². The van der Waals surface area contributed by atoms with Gasteiger partial charge in [0.25, 0.3) is 0 Å². The van der Waals surface area contributed by atoms with E-state index < -0.39 is 5.97 Å². The van der Waals surface area contributed by atoms with Gasteiger partial charge in [0.1, 0.15) is 17.2 Å². The summed E-state index contributed by atoms with van der Waals surface area (Å²) in [4.78, 5) is 11.9. The average molecular weight is 354 g/mol. The summed E-state index contributed by atoms with van der Waals surface area (Å²) in [5, 5.41) is 0. The molecule has 0 heterocycles. The molecule has 4 nitrogen and oxygen atoms in total. The van der Waals surface area contributed by atoms with Gasteiger partial charge in [0.15, 0.2) is 0 Å². The number of unbranched alkanes of at least 4 members (excludes halogenated alkanes) is 1. The van der Waals surface area contributed by atoms with Crippen LogP contribution >= 0.6 is 0 Å². The van der Waals surface area contributed by atoms with Crippen molar-refractivity contribution in [1.29, 1.82) is 0 Å². The molecule has 0 aromatic heterocycles. The molecule has 0 bridgehead atoms. The molecule has 2 rings (SSSR count). The van der Waals surface area contributed by atoms with E-state index >= 15 is 0 Å². The molecule has 0 aliphatic carbocycles. The maximum absolute atomic E-state index is 11.9. The second-order valence-corrected chi connectivity index (χ2v) is 5.85. The van der Waals surface area contributed by atoms with Crippen LogP contribution in [0.5, 0.6) is 17.2 Å². The van der Waals surface area contributed by atoms with Crippen molar-refractivity contribution in [3.8, 4) is 17.2 Å². The van der Waals surface area contributed by atoms with Crippen molar-refractivity contribution >= 4 is 12.0 Å². The predicted molar refractivity (Wildman–Crippen MR) is 104 cm³/mol. The highest BCUT2D eigenvalue weighted by Gasteiger charge is 2.02. The quantitative estimate of drug-likeness (QED) is 0.252. The van der Waals surface area contributed by atoms with Gasteiger partial charge in [-0.25, -0.2) is 4.79 Å². The Balaban J connectivity index is 1.82. The Bertz CT molecular complexity index is 687. The van der Waals surface area contributed by atoms with Gasteiger partial charge in [-0.15, -0.1) is 0 Å². The molecule has 2 aromatic carbocycles. The van der Waals surface area contributed by atoms with E-state index in [1.807, 2.05) is 24.3 Å². The maximum Gasteiger partial charge on any atom is 0.336 e. The van der Waals surface area contributed by atoms with E-state index in [0.29, 0.717) is 19.0 Å². The Morgan fingerprint density at radius 2 is 1.38 bits per heavy atom. The smallest absolute Gasteiger partial charge is 0.336 e. The second-order valence-electron chi connectivity index (χ2n) is 5.85. The molecule has 0 unspecified atom stereocenters. The molecule has 0 spiro atoms. The first-order valence-electron chi connectivity index (χ1n) is 9.07. The highest BCUT2D eigenvalue weighted by atomic mass is 16.5. The Morgan fingerprint density at radius 3 is 2.00 bits per heavy atom. The third-order valence-electron chi connectivity index (χ3n) is 3.57. The first kappa shape index (κ1) is 19.6. The summed E-state index contributed by atoms with van der Waals surface area (Å²) in [5.74, 6) is 1.67. The Labute approximate surface area is 155 Å². The van der Waals surface area contributed by atoms with Crippen molar-refractivity contribution in [2.75, 3.05) is 13.2 Å². The Morgan fingerprint density at radius 1 is 0.808 bits per heavy atom. The molecule has 138 valence electrons. The molecule has 0 amide bonds. The van der Waals surface area contributed by atoms with Crippen LogP contribution in [0.1, 0.15) is 38.7 Å². The van der Waals surface area contributed by atoms with Crippen LogP contribution in [0.3, 0.4) is 0 Å². The molecule has 0 fully saturated rings. The van der Waals surface area contributed by atoms with Crippen molar-refractivity contribution in [2.24, 2.45) is 0 Å². The lowest BCUT2D eigenvalue weighted by Crippen LogP contribution is -2.03. The molecule has 0 atom stereocenters. The molecule has 26 heavy (non-hydrogen) atoms. The van der Waals surface area contributed by atoms with Gasteiger partial charge in [-0.05, 0) is 60.9 Å². The van der Waals surface area contributed by atoms with Crippen molar-refractivity contribution in [3.63, 3.8) is 0 Å². The summed E-state index contributed by atoms with van der Waals surface area (Å²) in [7, 11) is 0. The van der Waals surface area contributed by atoms with Gasteiger partial charge in [0.05, 0.1) is 13.2 Å². The van der Waals surface area contributed by atoms with Crippen molar-refractivity contribution in [3.05, 3.63) is 60.2 Å². The van der Waals surface area contributed by atoms with Gasteiger partial charge in [-0.2, -0.15) is 0 Å². The van der Waals surface area contributed by atoms with Gasteiger partial charge in [-0.1, -0.05) is 32.4 Å². The van der Waals surface area contributed by atoms with Crippen LogP contribution < -0.4 is 14.2 Å². The summed E-state index contributed by atoms with van der Waals surface area (Å²) in [6.45, 7) is 5.58. The number of carbonyl (C=O) groups excluding carboxylic acids is 1. The first-order valence-corrected chi connectivity index (χ1v) is 9.07. The summed E-state index contributed by atoms with van der Waals surface area (Å²) in [5.41, 5.74) is 0.908. The SMILES string of the molecule is CCCCOc1ccc(OC(=O)C=Cc2ccc(OCCC)cc2)cc1. The van der Waals surface area contributed by atoms with Crippen LogP contribution in [0, 0.1) is 0 Å². The van der Waals surface area contributed by atoms with E-state index in [1.54, 1.807) is 30.3 Å². The molecule has 2 aromatic rings. The molecule has 0 N–H and O–H groups in total. The molecule has 0 radical (unpaired) electrons. The van der Waals surface area contributed by atoms with E-state index in [1.165, 1.54) is 6.08 Å². The van der Waals surface area contributed by atoms with Gasteiger partial charge >= 0.3 is 5.97 Å². The highest BCUT2D eigenvalue weighted by molar-refractivity contribution is 5.88. The fraction of sp³-hybridized carbons (Fsp3) is 0.318. The number of benzene rings is 2. The third kappa shape index (κ3) is 7.01. The number of rotatable bonds is 10. The molecule has 0 saturated carbocycles. The summed E-state index contributed by atoms with van der Waals surface area (Å²) in [6, 6.07) is 14.6. The zero-order valence-electron chi connectivity index (χ0n) is 15.4. The number of esters is 1. The molecule has 4 heteroatoms. The summed E-state index contributed by atoms with van der Waals surface area (Å²) < 4.78 is 16.4. The van der Waals surface area contributed by atoms with Crippen LogP contribution in [0.4, 0.5) is 0 Å². The fourth-order valence-corrected chi connectivity index (χ4v) is 2.15. The zero-order valence-corrected chi connectivity index (χ0v) is 15.4. The lowest BCUT2D eigenvalue weighted by molar-refractivity contribution is -0.128. The molecule has 0 aliphatic rings. The first-order chi connectivity index (χ1) is 12.7. The lowest BCUT2D eigenvalue weighted by Gasteiger charge is -2.06. The molecular formula is C22H26O4. The summed E-state index contributed by atoms with van der Waals surface area (Å²) >= 11 is 0. The number of hydrogen-bond acceptors (Lipinski definition) is 4. The van der Waals surface area contributed by atoms with Crippen LogP contribution in [-0.4, -0.2) is 19.2 Å². The normalized spacial score (nSPS) is 10.7. The minimum atomic E-state index is -0.420. The van der Waals surface area contributed by atoms with Crippen LogP contribution in [0.15, 0.2) is 54.6 Å². The van der Waals surface area contributed by atoms with Crippen LogP contribution in [0.2, 0.25) is 0 Å². The van der Waals surface area contributed by atoms with Gasteiger partial charge < -0.3 is 14.2 Å². The number of hydrogen-bond donors (Lipinski definition) is 0. The largest absolute Gasteiger partial charge is 0.494 e. The van der Waals surface area contributed by atoms with Gasteiger partial charge in [0.2, 0.25) is 0 Å². The topological polar surface area (TPSA) is 44.8 Å². The van der Waals surface area contributed by atoms with E-state index in [9.17, 15) is 4.79 Å². The summed E-state index contributed by atoms with van der Waals surface area (Å²) in [6.07, 6.45) is 6.21. The fourth-order valence-electron chi connectivity index (χ4n) is 2.15. The van der Waals surface area contributed by atoms with E-state index in [2.05, 4.69) is 13.8 Å². The minimum Gasteiger partial charge on any atom is -0.494 e. The maximum atomic E-state index is 11.9. The number of ether oxygens (including phenoxy) is 3. The Kier molecular flexibility index (Phi) is 8.27. The molecule has 0 saturated heterocycles. The molecular weight excluding hydrogens is 328 g/mol.